The van der Waals surface area contributed by atoms with Crippen LogP contribution in [0.15, 0.2) is 12.3 Å². The molecular formula is C27H47N7O2. The minimum absolute atomic E-state index is 0.224. The number of hydrogen-bond acceptors (Lipinski definition) is 8. The second-order valence-electron chi connectivity index (χ2n) is 11.0. The summed E-state index contributed by atoms with van der Waals surface area (Å²) in [7, 11) is 0. The first-order valence-electron chi connectivity index (χ1n) is 14.3. The molecule has 1 amide bonds. The van der Waals surface area contributed by atoms with Crippen molar-refractivity contribution in [2.24, 2.45) is 5.73 Å². The lowest BCUT2D eigenvalue weighted by Crippen LogP contribution is -2.57. The van der Waals surface area contributed by atoms with E-state index in [9.17, 15) is 9.90 Å². The van der Waals surface area contributed by atoms with Gasteiger partial charge in [0.1, 0.15) is 11.9 Å². The second kappa shape index (κ2) is 13.5. The first-order chi connectivity index (χ1) is 17.5. The largest absolute Gasteiger partial charge is 0.391 e. The first-order valence-corrected chi connectivity index (χ1v) is 14.3. The molecule has 1 saturated carbocycles. The Bertz CT molecular complexity index is 809. The van der Waals surface area contributed by atoms with E-state index in [1.165, 1.54) is 57.8 Å². The number of hydrogen-bond donors (Lipinski definition) is 4. The molecule has 3 fully saturated rings. The smallest absolute Gasteiger partial charge is 0.239 e. The van der Waals surface area contributed by atoms with Gasteiger partial charge in [0.25, 0.3) is 0 Å². The van der Waals surface area contributed by atoms with Crippen molar-refractivity contribution in [3.63, 3.8) is 0 Å². The molecule has 2 unspecified atom stereocenters. The molecule has 202 valence electrons. The molecule has 0 radical (unpaired) electrons. The second-order valence-corrected chi connectivity index (χ2v) is 11.0. The van der Waals surface area contributed by atoms with Crippen LogP contribution in [0, 0.1) is 0 Å². The number of carbonyl (C=O) groups is 1. The molecule has 1 aliphatic carbocycles. The minimum atomic E-state index is -0.894. The number of anilines is 2. The van der Waals surface area contributed by atoms with Gasteiger partial charge in [-0.2, -0.15) is 4.98 Å². The van der Waals surface area contributed by atoms with Crippen molar-refractivity contribution in [2.75, 3.05) is 36.4 Å². The summed E-state index contributed by atoms with van der Waals surface area (Å²) < 4.78 is 0. The van der Waals surface area contributed by atoms with Gasteiger partial charge in [-0.1, -0.05) is 32.1 Å². The molecule has 1 aromatic heterocycles. The van der Waals surface area contributed by atoms with E-state index in [0.717, 1.165) is 44.7 Å². The molecule has 4 rings (SSSR count). The van der Waals surface area contributed by atoms with Crippen LogP contribution in [0.3, 0.4) is 0 Å². The SMILES string of the molecule is C[C@H](O)[C@@H](N)C(=O)NCCC1C(Nc2nccc(N3CCCCCC3)n2)CCCN1C1CCCCC1. The van der Waals surface area contributed by atoms with E-state index >= 15 is 0 Å². The first kappa shape index (κ1) is 27.1. The van der Waals surface area contributed by atoms with Crippen molar-refractivity contribution in [1.29, 1.82) is 0 Å². The summed E-state index contributed by atoms with van der Waals surface area (Å²) in [6.45, 7) is 5.32. The van der Waals surface area contributed by atoms with Crippen LogP contribution < -0.4 is 21.3 Å². The van der Waals surface area contributed by atoms with E-state index < -0.39 is 12.1 Å². The third kappa shape index (κ3) is 7.29. The average molecular weight is 502 g/mol. The topological polar surface area (TPSA) is 120 Å². The third-order valence-corrected chi connectivity index (χ3v) is 8.31. The van der Waals surface area contributed by atoms with Gasteiger partial charge in [-0.05, 0) is 64.5 Å². The third-order valence-electron chi connectivity index (χ3n) is 8.31. The highest BCUT2D eigenvalue weighted by Gasteiger charge is 2.36. The number of rotatable bonds is 9. The maximum absolute atomic E-state index is 12.3. The van der Waals surface area contributed by atoms with E-state index in [2.05, 4.69) is 25.4 Å². The van der Waals surface area contributed by atoms with Crippen LogP contribution in [-0.2, 0) is 4.79 Å². The van der Waals surface area contributed by atoms with Gasteiger partial charge in [-0.3, -0.25) is 9.69 Å². The molecule has 9 nitrogen and oxygen atoms in total. The fourth-order valence-electron chi connectivity index (χ4n) is 6.23. The lowest BCUT2D eigenvalue weighted by molar-refractivity contribution is -0.124. The molecule has 3 heterocycles. The Morgan fingerprint density at radius 2 is 1.81 bits per heavy atom. The monoisotopic (exact) mass is 501 g/mol. The number of carbonyl (C=O) groups excluding carboxylic acids is 1. The predicted molar refractivity (Wildman–Crippen MR) is 144 cm³/mol. The number of nitrogens with zero attached hydrogens (tertiary/aromatic N) is 4. The highest BCUT2D eigenvalue weighted by molar-refractivity contribution is 5.82. The Hall–Kier alpha value is -1.97. The van der Waals surface area contributed by atoms with Crippen molar-refractivity contribution >= 4 is 17.7 Å². The van der Waals surface area contributed by atoms with Gasteiger partial charge in [-0.25, -0.2) is 4.98 Å². The Labute approximate surface area is 216 Å². The number of nitrogens with two attached hydrogens (primary N) is 1. The number of aliphatic hydroxyl groups excluding tert-OH is 1. The van der Waals surface area contributed by atoms with Crippen LogP contribution in [0.1, 0.15) is 84.0 Å². The quantitative estimate of drug-likeness (QED) is 0.408. The maximum Gasteiger partial charge on any atom is 0.239 e. The van der Waals surface area contributed by atoms with Crippen molar-refractivity contribution < 1.29 is 9.90 Å². The van der Waals surface area contributed by atoms with Crippen molar-refractivity contribution in [2.45, 2.75) is 114 Å². The Balaban J connectivity index is 1.45. The van der Waals surface area contributed by atoms with Crippen molar-refractivity contribution in [3.8, 4) is 0 Å². The molecule has 0 spiro atoms. The number of amides is 1. The highest BCUT2D eigenvalue weighted by atomic mass is 16.3. The normalized spacial score (nSPS) is 26.1. The van der Waals surface area contributed by atoms with E-state index in [4.69, 9.17) is 10.7 Å². The van der Waals surface area contributed by atoms with E-state index in [1.54, 1.807) is 6.92 Å². The molecular weight excluding hydrogens is 454 g/mol. The zero-order valence-electron chi connectivity index (χ0n) is 22.1. The van der Waals surface area contributed by atoms with Crippen molar-refractivity contribution in [1.82, 2.24) is 20.2 Å². The molecule has 5 N–H and O–H groups in total. The lowest BCUT2D eigenvalue weighted by atomic mass is 9.87. The molecule has 3 aliphatic rings. The van der Waals surface area contributed by atoms with Gasteiger partial charge in [0.2, 0.25) is 11.9 Å². The van der Waals surface area contributed by atoms with E-state index in [0.29, 0.717) is 18.5 Å². The van der Waals surface area contributed by atoms with Gasteiger partial charge in [-0.15, -0.1) is 0 Å². The van der Waals surface area contributed by atoms with Crippen LogP contribution >= 0.6 is 0 Å². The van der Waals surface area contributed by atoms with Crippen LogP contribution in [-0.4, -0.2) is 82.3 Å². The fraction of sp³-hybridized carbons (Fsp3) is 0.815. The zero-order valence-corrected chi connectivity index (χ0v) is 22.1. The van der Waals surface area contributed by atoms with Gasteiger partial charge < -0.3 is 26.4 Å². The fourth-order valence-corrected chi connectivity index (χ4v) is 6.23. The van der Waals surface area contributed by atoms with E-state index in [-0.39, 0.29) is 18.0 Å². The summed E-state index contributed by atoms with van der Waals surface area (Å²) in [4.78, 5) is 27.0. The molecule has 2 saturated heterocycles. The molecule has 0 aromatic carbocycles. The molecule has 36 heavy (non-hydrogen) atoms. The number of likely N-dealkylation sites (tertiary alicyclic amines) is 1. The molecule has 9 heteroatoms. The van der Waals surface area contributed by atoms with Crippen LogP contribution in [0.5, 0.6) is 0 Å². The Kier molecular flexibility index (Phi) is 10.2. The van der Waals surface area contributed by atoms with Gasteiger partial charge in [0.05, 0.1) is 6.10 Å². The average Bonchev–Trinajstić information content (AvgIpc) is 3.19. The van der Waals surface area contributed by atoms with Crippen LogP contribution in [0.2, 0.25) is 0 Å². The standard InChI is InChI=1S/C27H47N7O2/c1-20(35)25(28)26(36)29-15-13-23-22(12-9-19-34(23)21-10-5-4-6-11-21)31-27-30-16-14-24(32-27)33-17-7-2-3-8-18-33/h14,16,20-23,25,35H,2-13,15,17-19,28H2,1H3,(H,29,36)(H,30,31,32)/t20-,22?,23?,25+/m0/s1. The number of aliphatic hydroxyl groups is 1. The maximum atomic E-state index is 12.3. The predicted octanol–water partition coefficient (Wildman–Crippen LogP) is 2.65. The Morgan fingerprint density at radius 1 is 1.08 bits per heavy atom. The number of aromatic nitrogens is 2. The minimum Gasteiger partial charge on any atom is -0.391 e. The van der Waals surface area contributed by atoms with Crippen LogP contribution in [0.4, 0.5) is 11.8 Å². The summed E-state index contributed by atoms with van der Waals surface area (Å²) in [6, 6.07) is 2.25. The molecule has 0 bridgehead atoms. The number of piperidine rings is 1. The molecule has 1 aromatic rings. The number of nitrogens with one attached hydrogen (secondary N) is 2. The zero-order chi connectivity index (χ0) is 25.3. The van der Waals surface area contributed by atoms with Gasteiger partial charge in [0.15, 0.2) is 0 Å². The summed E-state index contributed by atoms with van der Waals surface area (Å²) in [5.74, 6) is 1.44. The highest BCUT2D eigenvalue weighted by Crippen LogP contribution is 2.31. The Morgan fingerprint density at radius 3 is 2.53 bits per heavy atom. The summed E-state index contributed by atoms with van der Waals surface area (Å²) >= 11 is 0. The summed E-state index contributed by atoms with van der Waals surface area (Å²) in [6.07, 6.45) is 15.5. The lowest BCUT2D eigenvalue weighted by Gasteiger charge is -2.47. The van der Waals surface area contributed by atoms with Crippen LogP contribution in [0.25, 0.3) is 0 Å². The van der Waals surface area contributed by atoms with E-state index in [1.807, 2.05) is 12.3 Å². The molecule has 4 atom stereocenters. The summed E-state index contributed by atoms with van der Waals surface area (Å²) in [5.41, 5.74) is 5.83. The summed E-state index contributed by atoms with van der Waals surface area (Å²) in [5, 5.41) is 16.3. The molecule has 2 aliphatic heterocycles. The van der Waals surface area contributed by atoms with Crippen molar-refractivity contribution in [3.05, 3.63) is 12.3 Å². The van der Waals surface area contributed by atoms with Gasteiger partial charge in [0, 0.05) is 44.0 Å². The van der Waals surface area contributed by atoms with Gasteiger partial charge >= 0.3 is 0 Å².